The van der Waals surface area contributed by atoms with E-state index in [1.165, 1.54) is 0 Å². The van der Waals surface area contributed by atoms with Crippen LogP contribution in [-0.4, -0.2) is 11.8 Å². The van der Waals surface area contributed by atoms with Gasteiger partial charge in [-0.1, -0.05) is 28.7 Å². The van der Waals surface area contributed by atoms with Gasteiger partial charge in [0.05, 0.1) is 5.56 Å². The second-order valence-electron chi connectivity index (χ2n) is 2.32. The molecule has 1 aromatic carbocycles. The van der Waals surface area contributed by atoms with Crippen LogP contribution < -0.4 is 4.72 Å². The molecule has 3 heteroatoms. The van der Waals surface area contributed by atoms with Gasteiger partial charge in [-0.15, -0.1) is 0 Å². The summed E-state index contributed by atoms with van der Waals surface area (Å²) >= 11 is 0. The first-order valence-electron chi connectivity index (χ1n) is 3.23. The number of hydrogen-bond acceptors (Lipinski definition) is 1. The Morgan fingerprint density at radius 3 is 2.82 bits per heavy atom. The lowest BCUT2D eigenvalue weighted by atomic mass is 10.2. The zero-order valence-electron chi connectivity index (χ0n) is 5.83. The van der Waals surface area contributed by atoms with Gasteiger partial charge in [0.1, 0.15) is 0 Å². The lowest BCUT2D eigenvalue weighted by molar-refractivity contribution is 0.0986. The Kier molecular flexibility index (Phi) is 1.32. The van der Waals surface area contributed by atoms with Crippen molar-refractivity contribution < 1.29 is 4.79 Å². The summed E-state index contributed by atoms with van der Waals surface area (Å²) in [6, 6.07) is 7.54. The van der Waals surface area contributed by atoms with Crippen molar-refractivity contribution in [2.45, 2.75) is 4.90 Å². The van der Waals surface area contributed by atoms with Gasteiger partial charge in [0.15, 0.2) is 0 Å². The van der Waals surface area contributed by atoms with Gasteiger partial charge in [0, 0.05) is 4.90 Å². The number of amides is 1. The molecule has 1 atom stereocenters. The van der Waals surface area contributed by atoms with Gasteiger partial charge in [-0.05, 0) is 12.1 Å². The van der Waals surface area contributed by atoms with Gasteiger partial charge in [0.2, 0.25) is 0 Å². The molecule has 1 heterocycles. The van der Waals surface area contributed by atoms with Gasteiger partial charge >= 0.3 is 0 Å². The molecule has 1 aromatic rings. The minimum Gasteiger partial charge on any atom is -0.298 e. The van der Waals surface area contributed by atoms with Gasteiger partial charge in [0.25, 0.3) is 5.91 Å². The van der Waals surface area contributed by atoms with Crippen molar-refractivity contribution in [3.8, 4) is 0 Å². The Labute approximate surface area is 67.3 Å². The number of benzene rings is 1. The standard InChI is InChI=1S/C8H7NOS/c1-11-7-5-3-2-4-6(7)8(10)9-11/h2-5H,1H2,(H,9,10). The molecule has 2 nitrogen and oxygen atoms in total. The highest BCUT2D eigenvalue weighted by atomic mass is 32.2. The fourth-order valence-corrected chi connectivity index (χ4v) is 2.20. The van der Waals surface area contributed by atoms with Crippen molar-refractivity contribution in [2.24, 2.45) is 0 Å². The maximum Gasteiger partial charge on any atom is 0.262 e. The molecule has 56 valence electrons. The molecule has 1 amide bonds. The van der Waals surface area contributed by atoms with Crippen LogP contribution in [0, 0.1) is 0 Å². The number of carbonyl (C=O) groups excluding carboxylic acids is 1. The van der Waals surface area contributed by atoms with Gasteiger partial charge in [-0.3, -0.25) is 9.52 Å². The molecule has 0 aromatic heterocycles. The summed E-state index contributed by atoms with van der Waals surface area (Å²) in [6.07, 6.45) is 0. The Morgan fingerprint density at radius 1 is 1.36 bits per heavy atom. The van der Waals surface area contributed by atoms with E-state index in [1.807, 2.05) is 24.3 Å². The summed E-state index contributed by atoms with van der Waals surface area (Å²) in [5.74, 6) is 3.82. The fraction of sp³-hybridized carbons (Fsp3) is 0. The molecule has 1 N–H and O–H groups in total. The minimum absolute atomic E-state index is 0.000988. The summed E-state index contributed by atoms with van der Waals surface area (Å²) in [7, 11) is -0.327. The molecule has 0 bridgehead atoms. The molecule has 11 heavy (non-hydrogen) atoms. The lowest BCUT2D eigenvalue weighted by Crippen LogP contribution is -2.08. The number of nitrogens with one attached hydrogen (secondary N) is 1. The zero-order valence-corrected chi connectivity index (χ0v) is 6.65. The van der Waals surface area contributed by atoms with Crippen molar-refractivity contribution in [3.05, 3.63) is 29.8 Å². The van der Waals surface area contributed by atoms with E-state index in [0.717, 1.165) is 10.5 Å². The molecule has 1 aliphatic rings. The number of rotatable bonds is 0. The van der Waals surface area contributed by atoms with Crippen LogP contribution in [0.3, 0.4) is 0 Å². The van der Waals surface area contributed by atoms with E-state index in [-0.39, 0.29) is 16.6 Å². The molecular formula is C8H7NOS. The summed E-state index contributed by atoms with van der Waals surface area (Å²) in [6.45, 7) is 0. The van der Waals surface area contributed by atoms with E-state index < -0.39 is 0 Å². The molecule has 0 fully saturated rings. The third-order valence-corrected chi connectivity index (χ3v) is 2.93. The zero-order chi connectivity index (χ0) is 7.84. The first kappa shape index (κ1) is 6.61. The van der Waals surface area contributed by atoms with E-state index in [1.54, 1.807) is 0 Å². The van der Waals surface area contributed by atoms with E-state index in [2.05, 4.69) is 10.6 Å². The molecule has 1 unspecified atom stereocenters. The molecule has 2 rings (SSSR count). The highest BCUT2D eigenvalue weighted by Crippen LogP contribution is 2.30. The minimum atomic E-state index is -0.327. The van der Waals surface area contributed by atoms with Crippen molar-refractivity contribution in [2.75, 3.05) is 0 Å². The quantitative estimate of drug-likeness (QED) is 0.578. The van der Waals surface area contributed by atoms with Crippen LogP contribution in [0.2, 0.25) is 0 Å². The number of hydrogen-bond donors (Lipinski definition) is 1. The molecule has 1 aliphatic heterocycles. The monoisotopic (exact) mass is 165 g/mol. The highest BCUT2D eigenvalue weighted by Gasteiger charge is 2.19. The van der Waals surface area contributed by atoms with Crippen molar-refractivity contribution in [1.82, 2.24) is 4.72 Å². The van der Waals surface area contributed by atoms with Gasteiger partial charge in [-0.25, -0.2) is 0 Å². The SMILES string of the molecule is C=S1NC(=O)c2ccccc21. The predicted molar refractivity (Wildman–Crippen MR) is 46.9 cm³/mol. The highest BCUT2D eigenvalue weighted by molar-refractivity contribution is 8.13. The first-order chi connectivity index (χ1) is 5.29. The van der Waals surface area contributed by atoms with Crippen molar-refractivity contribution in [1.29, 1.82) is 0 Å². The summed E-state index contributed by atoms with van der Waals surface area (Å²) in [5.41, 5.74) is 0.769. The smallest absolute Gasteiger partial charge is 0.262 e. The third kappa shape index (κ3) is 0.886. The first-order valence-corrected chi connectivity index (χ1v) is 4.62. The van der Waals surface area contributed by atoms with Crippen LogP contribution in [0.5, 0.6) is 0 Å². The normalized spacial score (nSPS) is 21.1. The second kappa shape index (κ2) is 2.20. The van der Waals surface area contributed by atoms with Gasteiger partial charge < -0.3 is 0 Å². The van der Waals surface area contributed by atoms with Crippen molar-refractivity contribution >= 4 is 22.4 Å². The van der Waals surface area contributed by atoms with Crippen LogP contribution in [0.4, 0.5) is 0 Å². The average molecular weight is 165 g/mol. The maximum absolute atomic E-state index is 11.1. The summed E-state index contributed by atoms with van der Waals surface area (Å²) < 4.78 is 2.76. The van der Waals surface area contributed by atoms with E-state index in [0.29, 0.717) is 0 Å². The Hall–Kier alpha value is -1.09. The maximum atomic E-state index is 11.1. The molecule has 0 saturated carbocycles. The van der Waals surface area contributed by atoms with Crippen LogP contribution in [0.25, 0.3) is 0 Å². The molecular weight excluding hydrogens is 158 g/mol. The van der Waals surface area contributed by atoms with Crippen LogP contribution >= 0.6 is 10.7 Å². The van der Waals surface area contributed by atoms with E-state index in [4.69, 9.17) is 0 Å². The van der Waals surface area contributed by atoms with Crippen molar-refractivity contribution in [3.63, 3.8) is 0 Å². The lowest BCUT2D eigenvalue weighted by Gasteiger charge is -1.94. The Balaban J connectivity index is 2.69. The van der Waals surface area contributed by atoms with Crippen LogP contribution in [0.15, 0.2) is 29.2 Å². The second-order valence-corrected chi connectivity index (χ2v) is 3.74. The van der Waals surface area contributed by atoms with E-state index >= 15 is 0 Å². The number of carbonyl (C=O) groups is 1. The van der Waals surface area contributed by atoms with Crippen LogP contribution in [-0.2, 0) is 0 Å². The number of fused-ring (bicyclic) bond motifs is 1. The molecule has 0 saturated heterocycles. The topological polar surface area (TPSA) is 29.1 Å². The summed E-state index contributed by atoms with van der Waals surface area (Å²) in [5, 5.41) is 0. The Bertz CT molecular complexity index is 313. The molecule has 0 radical (unpaired) electrons. The average Bonchev–Trinajstić information content (AvgIpc) is 2.30. The predicted octanol–water partition coefficient (Wildman–Crippen LogP) is 1.40. The molecule has 0 spiro atoms. The third-order valence-electron chi connectivity index (χ3n) is 1.61. The largest absolute Gasteiger partial charge is 0.298 e. The van der Waals surface area contributed by atoms with Crippen LogP contribution in [0.1, 0.15) is 10.4 Å². The fourth-order valence-electron chi connectivity index (χ4n) is 1.09. The molecule has 0 aliphatic carbocycles. The Morgan fingerprint density at radius 2 is 2.09 bits per heavy atom. The van der Waals surface area contributed by atoms with E-state index in [9.17, 15) is 4.79 Å². The van der Waals surface area contributed by atoms with Gasteiger partial charge in [-0.2, -0.15) is 0 Å². The summed E-state index contributed by atoms with van der Waals surface area (Å²) in [4.78, 5) is 12.2.